The van der Waals surface area contributed by atoms with Crippen LogP contribution in [0.4, 0.5) is 11.5 Å². The van der Waals surface area contributed by atoms with Crippen molar-refractivity contribution in [3.63, 3.8) is 0 Å². The first-order chi connectivity index (χ1) is 8.69. The summed E-state index contributed by atoms with van der Waals surface area (Å²) in [6.45, 7) is 0. The van der Waals surface area contributed by atoms with Gasteiger partial charge in [0.05, 0.1) is 10.0 Å². The van der Waals surface area contributed by atoms with Crippen LogP contribution in [-0.4, -0.2) is 10.9 Å². The van der Waals surface area contributed by atoms with Crippen molar-refractivity contribution in [2.45, 2.75) is 6.42 Å². The number of alkyl halides is 1. The van der Waals surface area contributed by atoms with E-state index in [4.69, 9.17) is 34.8 Å². The number of rotatable bonds is 4. The molecule has 2 aromatic rings. The topological polar surface area (TPSA) is 24.9 Å². The molecule has 0 aliphatic heterocycles. The van der Waals surface area contributed by atoms with Gasteiger partial charge in [-0.15, -0.1) is 11.6 Å². The summed E-state index contributed by atoms with van der Waals surface area (Å²) in [5.41, 5.74) is 2.12. The number of nitrogens with one attached hydrogen (secondary N) is 1. The van der Waals surface area contributed by atoms with Crippen LogP contribution >= 0.6 is 34.8 Å². The van der Waals surface area contributed by atoms with Gasteiger partial charge in [-0.25, -0.2) is 4.98 Å². The fourth-order valence-corrected chi connectivity index (χ4v) is 2.15. The van der Waals surface area contributed by atoms with E-state index in [1.165, 1.54) is 5.56 Å². The molecule has 1 aromatic carbocycles. The fourth-order valence-electron chi connectivity index (χ4n) is 1.51. The van der Waals surface area contributed by atoms with Crippen LogP contribution in [0.25, 0.3) is 0 Å². The fraction of sp³-hybridized carbons (Fsp3) is 0.154. The second kappa shape index (κ2) is 6.28. The quantitative estimate of drug-likeness (QED) is 0.811. The molecule has 1 aromatic heterocycles. The number of nitrogens with zero attached hydrogens (tertiary/aromatic N) is 1. The first-order valence-corrected chi connectivity index (χ1v) is 6.71. The Bertz CT molecular complexity index is 526. The second-order valence-electron chi connectivity index (χ2n) is 3.74. The van der Waals surface area contributed by atoms with Gasteiger partial charge in [-0.3, -0.25) is 0 Å². The Morgan fingerprint density at radius 2 is 1.83 bits per heavy atom. The predicted molar refractivity (Wildman–Crippen MR) is 78.4 cm³/mol. The maximum Gasteiger partial charge on any atom is 0.149 e. The zero-order chi connectivity index (χ0) is 13.0. The number of aryl methyl sites for hydroxylation is 1. The molecule has 1 heterocycles. The molecule has 0 unspecified atom stereocenters. The average molecular weight is 302 g/mol. The van der Waals surface area contributed by atoms with Crippen LogP contribution in [0.2, 0.25) is 10.0 Å². The minimum absolute atomic E-state index is 0.493. The van der Waals surface area contributed by atoms with E-state index in [-0.39, 0.29) is 0 Å². The third kappa shape index (κ3) is 3.52. The molecular weight excluding hydrogens is 291 g/mol. The van der Waals surface area contributed by atoms with Gasteiger partial charge in [0.15, 0.2) is 0 Å². The van der Waals surface area contributed by atoms with Crippen LogP contribution < -0.4 is 5.32 Å². The van der Waals surface area contributed by atoms with Crippen LogP contribution in [-0.2, 0) is 6.42 Å². The highest BCUT2D eigenvalue weighted by Gasteiger charge is 2.03. The maximum absolute atomic E-state index is 6.03. The van der Waals surface area contributed by atoms with Gasteiger partial charge >= 0.3 is 0 Å². The molecule has 0 amide bonds. The van der Waals surface area contributed by atoms with Gasteiger partial charge in [0.25, 0.3) is 0 Å². The van der Waals surface area contributed by atoms with Crippen LogP contribution in [0.5, 0.6) is 0 Å². The van der Waals surface area contributed by atoms with Crippen molar-refractivity contribution < 1.29 is 0 Å². The van der Waals surface area contributed by atoms with Crippen molar-refractivity contribution in [3.05, 3.63) is 52.1 Å². The van der Waals surface area contributed by atoms with Crippen molar-refractivity contribution in [3.8, 4) is 0 Å². The van der Waals surface area contributed by atoms with Gasteiger partial charge in [0.1, 0.15) is 5.82 Å². The zero-order valence-corrected chi connectivity index (χ0v) is 11.7. The van der Waals surface area contributed by atoms with Crippen LogP contribution in [0.1, 0.15) is 5.56 Å². The molecule has 0 radical (unpaired) electrons. The molecule has 0 saturated carbocycles. The summed E-state index contributed by atoms with van der Waals surface area (Å²) in [5.74, 6) is 1.21. The Morgan fingerprint density at radius 1 is 1.11 bits per heavy atom. The minimum atomic E-state index is 0.493. The highest BCUT2D eigenvalue weighted by atomic mass is 35.5. The van der Waals surface area contributed by atoms with E-state index in [1.54, 1.807) is 12.3 Å². The number of benzene rings is 1. The molecule has 0 fully saturated rings. The molecule has 0 bridgehead atoms. The highest BCUT2D eigenvalue weighted by molar-refractivity contribution is 6.36. The third-order valence-corrected chi connectivity index (χ3v) is 3.09. The van der Waals surface area contributed by atoms with Gasteiger partial charge in [-0.1, -0.05) is 35.3 Å². The lowest BCUT2D eigenvalue weighted by atomic mass is 10.1. The van der Waals surface area contributed by atoms with Crippen molar-refractivity contribution >= 4 is 46.3 Å². The van der Waals surface area contributed by atoms with E-state index in [1.807, 2.05) is 24.3 Å². The van der Waals surface area contributed by atoms with Crippen LogP contribution in [0, 0.1) is 0 Å². The number of hydrogen-bond acceptors (Lipinski definition) is 2. The molecule has 0 aliphatic carbocycles. The molecule has 0 atom stereocenters. The van der Waals surface area contributed by atoms with Crippen molar-refractivity contribution in [1.82, 2.24) is 4.98 Å². The first kappa shape index (κ1) is 13.5. The number of anilines is 2. The molecule has 2 rings (SSSR count). The second-order valence-corrected chi connectivity index (χ2v) is 4.97. The van der Waals surface area contributed by atoms with Crippen molar-refractivity contribution in [1.29, 1.82) is 0 Å². The summed E-state index contributed by atoms with van der Waals surface area (Å²) in [6.07, 6.45) is 2.42. The number of aromatic nitrogens is 1. The summed E-state index contributed by atoms with van der Waals surface area (Å²) < 4.78 is 0. The Kier molecular flexibility index (Phi) is 4.70. The molecule has 0 spiro atoms. The van der Waals surface area contributed by atoms with Gasteiger partial charge in [-0.05, 0) is 30.2 Å². The number of hydrogen-bond donors (Lipinski definition) is 1. The average Bonchev–Trinajstić information content (AvgIpc) is 2.35. The summed E-state index contributed by atoms with van der Waals surface area (Å²) in [6, 6.07) is 9.63. The van der Waals surface area contributed by atoms with E-state index in [2.05, 4.69) is 10.3 Å². The van der Waals surface area contributed by atoms with Crippen LogP contribution in [0.15, 0.2) is 36.5 Å². The normalized spacial score (nSPS) is 10.4. The smallest absolute Gasteiger partial charge is 0.149 e. The lowest BCUT2D eigenvalue weighted by Crippen LogP contribution is -1.95. The van der Waals surface area contributed by atoms with E-state index in [9.17, 15) is 0 Å². The van der Waals surface area contributed by atoms with E-state index >= 15 is 0 Å². The summed E-state index contributed by atoms with van der Waals surface area (Å²) in [5, 5.41) is 4.14. The number of pyridine rings is 1. The largest absolute Gasteiger partial charge is 0.339 e. The minimum Gasteiger partial charge on any atom is -0.339 e. The van der Waals surface area contributed by atoms with E-state index < -0.39 is 0 Å². The molecule has 94 valence electrons. The van der Waals surface area contributed by atoms with E-state index in [0.29, 0.717) is 21.7 Å². The molecule has 0 aliphatic rings. The van der Waals surface area contributed by atoms with Crippen molar-refractivity contribution in [2.75, 3.05) is 11.2 Å². The van der Waals surface area contributed by atoms with Crippen LogP contribution in [0.3, 0.4) is 0 Å². The molecule has 5 heteroatoms. The lowest BCUT2D eigenvalue weighted by Gasteiger charge is -2.08. The summed E-state index contributed by atoms with van der Waals surface area (Å²) >= 11 is 17.5. The Balaban J connectivity index is 2.13. The van der Waals surface area contributed by atoms with Crippen molar-refractivity contribution in [2.24, 2.45) is 0 Å². The number of halogens is 3. The Morgan fingerprint density at radius 3 is 2.44 bits per heavy atom. The van der Waals surface area contributed by atoms with Gasteiger partial charge in [0.2, 0.25) is 0 Å². The van der Waals surface area contributed by atoms with Gasteiger partial charge < -0.3 is 5.32 Å². The molecule has 0 saturated heterocycles. The standard InChI is InChI=1S/C13H11Cl3N2/c14-6-5-9-1-3-11(4-2-9)18-13-12(16)7-10(15)8-17-13/h1-4,7-8H,5-6H2,(H,17,18). The first-order valence-electron chi connectivity index (χ1n) is 5.42. The molecule has 18 heavy (non-hydrogen) atoms. The maximum atomic E-state index is 6.03. The lowest BCUT2D eigenvalue weighted by molar-refractivity contribution is 1.15. The Hall–Kier alpha value is -0.960. The SMILES string of the molecule is ClCCc1ccc(Nc2ncc(Cl)cc2Cl)cc1. The molecule has 1 N–H and O–H groups in total. The monoisotopic (exact) mass is 300 g/mol. The zero-order valence-electron chi connectivity index (χ0n) is 9.46. The van der Waals surface area contributed by atoms with E-state index in [0.717, 1.165) is 12.1 Å². The summed E-state index contributed by atoms with van der Waals surface area (Å²) in [7, 11) is 0. The molecular formula is C13H11Cl3N2. The molecule has 2 nitrogen and oxygen atoms in total. The highest BCUT2D eigenvalue weighted by Crippen LogP contribution is 2.25. The predicted octanol–water partition coefficient (Wildman–Crippen LogP) is 4.91. The van der Waals surface area contributed by atoms with Gasteiger partial charge in [-0.2, -0.15) is 0 Å². The summed E-state index contributed by atoms with van der Waals surface area (Å²) in [4.78, 5) is 4.14. The Labute approximate surface area is 121 Å². The van der Waals surface area contributed by atoms with Gasteiger partial charge in [0, 0.05) is 17.8 Å². The third-order valence-electron chi connectivity index (χ3n) is 2.41.